The van der Waals surface area contributed by atoms with Gasteiger partial charge in [-0.1, -0.05) is 6.92 Å². The zero-order valence-electron chi connectivity index (χ0n) is 17.6. The van der Waals surface area contributed by atoms with Crippen LogP contribution in [0.1, 0.15) is 36.5 Å². The number of benzene rings is 1. The molecule has 4 heterocycles. The minimum atomic E-state index is -1.43. The molecule has 1 unspecified atom stereocenters. The third kappa shape index (κ3) is 3.20. The summed E-state index contributed by atoms with van der Waals surface area (Å²) in [5.41, 5.74) is 5.89. The highest BCUT2D eigenvalue weighted by molar-refractivity contribution is 5.84. The van der Waals surface area contributed by atoms with Gasteiger partial charge in [0.1, 0.15) is 12.2 Å². The maximum atomic E-state index is 13.8. The number of ether oxygens (including phenoxy) is 2. The first kappa shape index (κ1) is 21.2. The van der Waals surface area contributed by atoms with Crippen LogP contribution in [0.15, 0.2) is 29.1 Å². The SMILES string of the molecule is CCC1(OC(=O)CN)CC(=O)OCc2c1cc1n(c2=O)Cc2cc3cc(F)c(F)cc3nc2-1. The van der Waals surface area contributed by atoms with Crippen LogP contribution in [0.3, 0.4) is 0 Å². The van der Waals surface area contributed by atoms with E-state index < -0.39 is 41.3 Å². The zero-order valence-corrected chi connectivity index (χ0v) is 17.6. The van der Waals surface area contributed by atoms with Gasteiger partial charge in [0.15, 0.2) is 11.6 Å². The quantitative estimate of drug-likeness (QED) is 0.472. The number of carbonyl (C=O) groups is 2. The zero-order chi connectivity index (χ0) is 23.5. The second-order valence-corrected chi connectivity index (χ2v) is 8.13. The molecular weight excluding hydrogens is 436 g/mol. The number of halogens is 2. The van der Waals surface area contributed by atoms with E-state index >= 15 is 0 Å². The number of esters is 2. The number of pyridine rings is 2. The van der Waals surface area contributed by atoms with Gasteiger partial charge in [0.2, 0.25) is 0 Å². The fraction of sp³-hybridized carbons (Fsp3) is 0.304. The fourth-order valence-electron chi connectivity index (χ4n) is 4.58. The first-order valence-corrected chi connectivity index (χ1v) is 10.4. The van der Waals surface area contributed by atoms with Gasteiger partial charge in [0, 0.05) is 22.6 Å². The highest BCUT2D eigenvalue weighted by atomic mass is 19.2. The molecule has 0 saturated carbocycles. The summed E-state index contributed by atoms with van der Waals surface area (Å²) in [5, 5.41) is 0.406. The number of carbonyl (C=O) groups excluding carboxylic acids is 2. The molecule has 8 nitrogen and oxygen atoms in total. The lowest BCUT2D eigenvalue weighted by atomic mass is 9.85. The molecule has 0 bridgehead atoms. The molecular formula is C23H19F2N3O5. The van der Waals surface area contributed by atoms with E-state index in [1.807, 2.05) is 0 Å². The highest BCUT2D eigenvalue weighted by Gasteiger charge is 2.44. The van der Waals surface area contributed by atoms with Crippen molar-refractivity contribution in [3.8, 4) is 11.4 Å². The molecule has 170 valence electrons. The van der Waals surface area contributed by atoms with E-state index in [9.17, 15) is 23.2 Å². The van der Waals surface area contributed by atoms with Gasteiger partial charge >= 0.3 is 11.9 Å². The third-order valence-corrected chi connectivity index (χ3v) is 6.25. The van der Waals surface area contributed by atoms with Crippen LogP contribution < -0.4 is 11.3 Å². The number of cyclic esters (lactones) is 1. The molecule has 2 aliphatic rings. The van der Waals surface area contributed by atoms with Crippen LogP contribution in [0.25, 0.3) is 22.3 Å². The number of aromatic nitrogens is 2. The van der Waals surface area contributed by atoms with Crippen molar-refractivity contribution in [1.29, 1.82) is 0 Å². The summed E-state index contributed by atoms with van der Waals surface area (Å²) in [4.78, 5) is 42.4. The van der Waals surface area contributed by atoms with Crippen LogP contribution in [0.4, 0.5) is 8.78 Å². The van der Waals surface area contributed by atoms with Crippen molar-refractivity contribution in [3.63, 3.8) is 0 Å². The predicted octanol–water partition coefficient (Wildman–Crippen LogP) is 2.26. The number of hydrogen-bond acceptors (Lipinski definition) is 7. The van der Waals surface area contributed by atoms with Crippen LogP contribution >= 0.6 is 0 Å². The Balaban J connectivity index is 1.76. The van der Waals surface area contributed by atoms with Crippen LogP contribution in [-0.4, -0.2) is 28.0 Å². The Kier molecular flexibility index (Phi) is 4.78. The molecule has 0 fully saturated rings. The average molecular weight is 455 g/mol. The van der Waals surface area contributed by atoms with E-state index in [0.717, 1.165) is 12.1 Å². The predicted molar refractivity (Wildman–Crippen MR) is 112 cm³/mol. The minimum Gasteiger partial charge on any atom is -0.460 e. The van der Waals surface area contributed by atoms with Gasteiger partial charge in [0.05, 0.1) is 42.0 Å². The van der Waals surface area contributed by atoms with Crippen molar-refractivity contribution in [3.05, 3.63) is 62.9 Å². The summed E-state index contributed by atoms with van der Waals surface area (Å²) in [7, 11) is 0. The minimum absolute atomic E-state index is 0.161. The van der Waals surface area contributed by atoms with Crippen LogP contribution in [-0.2, 0) is 37.8 Å². The Morgan fingerprint density at radius 2 is 2.00 bits per heavy atom. The lowest BCUT2D eigenvalue weighted by molar-refractivity contribution is -0.166. The number of hydrogen-bond donors (Lipinski definition) is 1. The van der Waals surface area contributed by atoms with Gasteiger partial charge in [-0.05, 0) is 24.6 Å². The summed E-state index contributed by atoms with van der Waals surface area (Å²) in [6.45, 7) is 1.23. The molecule has 5 rings (SSSR count). The summed E-state index contributed by atoms with van der Waals surface area (Å²) in [6.07, 6.45) is -0.0696. The van der Waals surface area contributed by atoms with Crippen LogP contribution in [0, 0.1) is 11.6 Å². The first-order valence-electron chi connectivity index (χ1n) is 10.4. The normalized spacial score (nSPS) is 18.8. The molecule has 2 aromatic heterocycles. The number of nitrogens with zero attached hydrogens (tertiary/aromatic N) is 2. The van der Waals surface area contributed by atoms with E-state index in [1.54, 1.807) is 19.1 Å². The van der Waals surface area contributed by atoms with Gasteiger partial charge < -0.3 is 19.8 Å². The fourth-order valence-corrected chi connectivity index (χ4v) is 4.58. The molecule has 2 N–H and O–H groups in total. The second kappa shape index (κ2) is 7.45. The van der Waals surface area contributed by atoms with E-state index in [2.05, 4.69) is 4.98 Å². The van der Waals surface area contributed by atoms with E-state index in [0.29, 0.717) is 27.9 Å². The second-order valence-electron chi connectivity index (χ2n) is 8.13. The molecule has 0 saturated heterocycles. The molecule has 1 aromatic carbocycles. The standard InChI is InChI=1S/C23H19F2N3O5/c1-2-23(33-20(30)8-26)7-19(29)32-10-13-14(23)5-18-21-12(9-28(18)22(13)31)3-11-4-15(24)16(25)6-17(11)27-21/h3-6H,2,7-10,26H2,1H3. The molecule has 0 amide bonds. The smallest absolute Gasteiger partial charge is 0.320 e. The van der Waals surface area contributed by atoms with Gasteiger partial charge in [-0.3, -0.25) is 14.4 Å². The van der Waals surface area contributed by atoms with Crippen molar-refractivity contribution in [2.75, 3.05) is 6.54 Å². The van der Waals surface area contributed by atoms with Gasteiger partial charge in [-0.15, -0.1) is 0 Å². The van der Waals surface area contributed by atoms with Crippen molar-refractivity contribution >= 4 is 22.8 Å². The molecule has 0 spiro atoms. The maximum absolute atomic E-state index is 13.8. The number of nitrogens with two attached hydrogens (primary N) is 1. The molecule has 0 aliphatic carbocycles. The lowest BCUT2D eigenvalue weighted by Crippen LogP contribution is -2.38. The largest absolute Gasteiger partial charge is 0.460 e. The summed E-state index contributed by atoms with van der Waals surface area (Å²) in [5.74, 6) is -3.34. The van der Waals surface area contributed by atoms with Crippen molar-refractivity contribution in [1.82, 2.24) is 9.55 Å². The first-order chi connectivity index (χ1) is 15.8. The Morgan fingerprint density at radius 1 is 1.24 bits per heavy atom. The highest BCUT2D eigenvalue weighted by Crippen LogP contribution is 2.41. The van der Waals surface area contributed by atoms with Crippen LogP contribution in [0.5, 0.6) is 0 Å². The number of rotatable bonds is 3. The summed E-state index contributed by atoms with van der Waals surface area (Å²) in [6, 6.07) is 5.39. The molecule has 1 atom stereocenters. The molecule has 2 aliphatic heterocycles. The molecule has 10 heteroatoms. The molecule has 33 heavy (non-hydrogen) atoms. The van der Waals surface area contributed by atoms with Crippen LogP contribution in [0.2, 0.25) is 0 Å². The molecule has 3 aromatic rings. The van der Waals surface area contributed by atoms with Gasteiger partial charge in [-0.2, -0.15) is 0 Å². The van der Waals surface area contributed by atoms with E-state index in [4.69, 9.17) is 15.2 Å². The topological polar surface area (TPSA) is 114 Å². The Morgan fingerprint density at radius 3 is 2.73 bits per heavy atom. The lowest BCUT2D eigenvalue weighted by Gasteiger charge is -2.32. The maximum Gasteiger partial charge on any atom is 0.320 e. The molecule has 0 radical (unpaired) electrons. The Bertz CT molecular complexity index is 1420. The summed E-state index contributed by atoms with van der Waals surface area (Å²) < 4.78 is 39.8. The number of fused-ring (bicyclic) bond motifs is 5. The summed E-state index contributed by atoms with van der Waals surface area (Å²) >= 11 is 0. The van der Waals surface area contributed by atoms with E-state index in [1.165, 1.54) is 4.57 Å². The van der Waals surface area contributed by atoms with Crippen molar-refractivity contribution in [2.24, 2.45) is 5.73 Å². The Hall–Kier alpha value is -3.66. The van der Waals surface area contributed by atoms with Gasteiger partial charge in [0.25, 0.3) is 5.56 Å². The van der Waals surface area contributed by atoms with E-state index in [-0.39, 0.29) is 37.1 Å². The Labute approximate surface area is 185 Å². The third-order valence-electron chi connectivity index (χ3n) is 6.25. The monoisotopic (exact) mass is 455 g/mol. The van der Waals surface area contributed by atoms with Crippen molar-refractivity contribution in [2.45, 2.75) is 38.5 Å². The van der Waals surface area contributed by atoms with Crippen molar-refractivity contribution < 1.29 is 27.8 Å². The average Bonchev–Trinajstić information content (AvgIpc) is 3.07. The van der Waals surface area contributed by atoms with Gasteiger partial charge in [-0.25, -0.2) is 13.8 Å².